The Morgan fingerprint density at radius 2 is 2.75 bits per heavy atom. The lowest BCUT2D eigenvalue weighted by molar-refractivity contribution is 0.739. The Morgan fingerprint density at radius 3 is 3.00 bits per heavy atom. The van der Waals surface area contributed by atoms with Crippen LogP contribution in [0.2, 0.25) is 0 Å². The van der Waals surface area contributed by atoms with Gasteiger partial charge in [0.1, 0.15) is 0 Å². The molecule has 0 aliphatic carbocycles. The molecule has 0 unspecified atom stereocenters. The summed E-state index contributed by atoms with van der Waals surface area (Å²) in [5.41, 5.74) is 1.00. The number of aromatic nitrogens is 2. The molecule has 0 saturated carbocycles. The summed E-state index contributed by atoms with van der Waals surface area (Å²) in [6.07, 6.45) is 1.70. The molecule has 1 heterocycles. The van der Waals surface area contributed by atoms with Crippen LogP contribution in [0.3, 0.4) is 0 Å². The van der Waals surface area contributed by atoms with Crippen molar-refractivity contribution in [3.63, 3.8) is 0 Å². The highest BCUT2D eigenvalue weighted by Crippen LogP contribution is 2.12. The fourth-order valence-electron chi connectivity index (χ4n) is 0.424. The van der Waals surface area contributed by atoms with Crippen LogP contribution in [0.15, 0.2) is 10.7 Å². The highest BCUT2D eigenvalue weighted by Gasteiger charge is 1.95. The van der Waals surface area contributed by atoms with Crippen LogP contribution >= 0.6 is 15.9 Å². The van der Waals surface area contributed by atoms with E-state index in [1.807, 2.05) is 6.92 Å². The molecule has 0 aromatic carbocycles. The first-order chi connectivity index (χ1) is 4.25. The van der Waals surface area contributed by atoms with Gasteiger partial charge in [-0.25, -0.2) is 0 Å². The Bertz CT molecular complexity index is 209. The standard InChI is InChI=1S/C5H7BrN2/c1-4-5(6)3-7-8(4)2/h3H,1-2H3/i2D. The third-order valence-electron chi connectivity index (χ3n) is 1.04. The summed E-state index contributed by atoms with van der Waals surface area (Å²) < 4.78 is 9.56. The first-order valence-corrected chi connectivity index (χ1v) is 3.02. The summed E-state index contributed by atoms with van der Waals surface area (Å²) in [4.78, 5) is 0. The molecule has 1 aromatic heterocycles. The average molecular weight is 176 g/mol. The molecule has 1 aromatic rings. The van der Waals surface area contributed by atoms with Crippen LogP contribution in [0, 0.1) is 6.92 Å². The van der Waals surface area contributed by atoms with Crippen molar-refractivity contribution in [2.45, 2.75) is 6.92 Å². The maximum Gasteiger partial charge on any atom is 0.0634 e. The fourth-order valence-corrected chi connectivity index (χ4v) is 0.720. The molecular weight excluding hydrogens is 168 g/mol. The van der Waals surface area contributed by atoms with Gasteiger partial charge in [-0.2, -0.15) is 5.10 Å². The molecule has 0 amide bonds. The van der Waals surface area contributed by atoms with Gasteiger partial charge >= 0.3 is 0 Å². The summed E-state index contributed by atoms with van der Waals surface area (Å²) in [6.45, 7) is 1.92. The number of aryl methyl sites for hydroxylation is 1. The summed E-state index contributed by atoms with van der Waals surface area (Å²) in [5, 5.41) is 3.92. The normalized spacial score (nSPS) is 11.5. The van der Waals surface area contributed by atoms with Crippen molar-refractivity contribution in [2.75, 3.05) is 0 Å². The maximum absolute atomic E-state index is 6.98. The second-order valence-corrected chi connectivity index (χ2v) is 2.43. The number of hydrogen-bond donors (Lipinski definition) is 0. The van der Waals surface area contributed by atoms with Gasteiger partial charge in [0.2, 0.25) is 0 Å². The maximum atomic E-state index is 6.98. The van der Waals surface area contributed by atoms with Gasteiger partial charge in [-0.15, -0.1) is 0 Å². The van der Waals surface area contributed by atoms with Crippen LogP contribution in [-0.2, 0) is 7.02 Å². The molecule has 2 nitrogen and oxygen atoms in total. The topological polar surface area (TPSA) is 17.8 Å². The van der Waals surface area contributed by atoms with Crippen LogP contribution in [0.4, 0.5) is 0 Å². The van der Waals surface area contributed by atoms with Crippen molar-refractivity contribution < 1.29 is 1.37 Å². The summed E-state index contributed by atoms with van der Waals surface area (Å²) in [7, 11) is 0.192. The van der Waals surface area contributed by atoms with Gasteiger partial charge in [0, 0.05) is 14.1 Å². The molecular formula is C5H7BrN2. The summed E-state index contributed by atoms with van der Waals surface area (Å²) >= 11 is 3.29. The smallest absolute Gasteiger partial charge is 0.0634 e. The lowest BCUT2D eigenvalue weighted by atomic mass is 10.5. The van der Waals surface area contributed by atoms with E-state index < -0.39 is 0 Å². The number of nitrogens with zero attached hydrogens (tertiary/aromatic N) is 2. The van der Waals surface area contributed by atoms with Crippen molar-refractivity contribution in [3.05, 3.63) is 16.4 Å². The molecule has 0 atom stereocenters. The molecule has 0 bridgehead atoms. The zero-order valence-corrected chi connectivity index (χ0v) is 6.14. The van der Waals surface area contributed by atoms with Crippen molar-refractivity contribution in [3.8, 4) is 0 Å². The van der Waals surface area contributed by atoms with Gasteiger partial charge in [0.25, 0.3) is 0 Å². The number of rotatable bonds is 0. The molecule has 0 spiro atoms. The predicted octanol–water partition coefficient (Wildman–Crippen LogP) is 1.49. The number of halogens is 1. The molecule has 0 radical (unpaired) electrons. The third-order valence-corrected chi connectivity index (χ3v) is 1.82. The zero-order chi connectivity index (χ0) is 6.85. The van der Waals surface area contributed by atoms with E-state index in [2.05, 4.69) is 21.0 Å². The van der Waals surface area contributed by atoms with Crippen LogP contribution in [-0.4, -0.2) is 9.78 Å². The Kier molecular flexibility index (Phi) is 1.08. The van der Waals surface area contributed by atoms with Crippen LogP contribution in [0.5, 0.6) is 0 Å². The van der Waals surface area contributed by atoms with Gasteiger partial charge < -0.3 is 0 Å². The van der Waals surface area contributed by atoms with E-state index in [9.17, 15) is 0 Å². The van der Waals surface area contributed by atoms with Gasteiger partial charge in [0.15, 0.2) is 0 Å². The molecule has 0 N–H and O–H groups in total. The summed E-state index contributed by atoms with van der Waals surface area (Å²) in [6, 6.07) is 0. The second-order valence-electron chi connectivity index (χ2n) is 1.58. The lowest BCUT2D eigenvalue weighted by Crippen LogP contribution is -1.91. The molecule has 8 heavy (non-hydrogen) atoms. The van der Waals surface area contributed by atoms with Crippen molar-refractivity contribution in [1.29, 1.82) is 0 Å². The molecule has 0 aliphatic heterocycles. The van der Waals surface area contributed by atoms with E-state index in [1.165, 1.54) is 0 Å². The molecule has 0 fully saturated rings. The summed E-state index contributed by atoms with van der Waals surface area (Å²) in [5.74, 6) is 0. The highest BCUT2D eigenvalue weighted by atomic mass is 79.9. The quantitative estimate of drug-likeness (QED) is 0.585. The van der Waals surface area contributed by atoms with Crippen LogP contribution < -0.4 is 0 Å². The molecule has 0 saturated heterocycles. The SMILES string of the molecule is [2H]Cn1ncc(Br)c1C. The Hall–Kier alpha value is -0.310. The van der Waals surface area contributed by atoms with E-state index in [-0.39, 0.29) is 7.02 Å². The van der Waals surface area contributed by atoms with Gasteiger partial charge in [-0.3, -0.25) is 4.68 Å². The Morgan fingerprint density at radius 1 is 2.00 bits per heavy atom. The van der Waals surface area contributed by atoms with Crippen molar-refractivity contribution >= 4 is 15.9 Å². The van der Waals surface area contributed by atoms with E-state index in [0.717, 1.165) is 10.2 Å². The van der Waals surface area contributed by atoms with E-state index in [0.29, 0.717) is 0 Å². The van der Waals surface area contributed by atoms with Crippen molar-refractivity contribution in [1.82, 2.24) is 9.78 Å². The highest BCUT2D eigenvalue weighted by molar-refractivity contribution is 9.10. The number of hydrogen-bond acceptors (Lipinski definition) is 1. The van der Waals surface area contributed by atoms with E-state index in [4.69, 9.17) is 1.37 Å². The first-order valence-electron chi connectivity index (χ1n) is 2.93. The van der Waals surface area contributed by atoms with E-state index in [1.54, 1.807) is 10.9 Å². The largest absolute Gasteiger partial charge is 0.272 e. The van der Waals surface area contributed by atoms with E-state index >= 15 is 0 Å². The minimum atomic E-state index is 0.192. The lowest BCUT2D eigenvalue weighted by Gasteiger charge is -1.89. The van der Waals surface area contributed by atoms with Crippen molar-refractivity contribution in [2.24, 2.45) is 7.02 Å². The first kappa shape index (κ1) is 4.56. The van der Waals surface area contributed by atoms with Crippen LogP contribution in [0.1, 0.15) is 7.06 Å². The molecule has 1 rings (SSSR count). The van der Waals surface area contributed by atoms with Gasteiger partial charge in [0.05, 0.1) is 10.7 Å². The van der Waals surface area contributed by atoms with Gasteiger partial charge in [-0.05, 0) is 22.9 Å². The fraction of sp³-hybridized carbons (Fsp3) is 0.400. The second kappa shape index (κ2) is 1.90. The zero-order valence-electron chi connectivity index (χ0n) is 5.56. The monoisotopic (exact) mass is 175 g/mol. The molecule has 0 aliphatic rings. The Balaban J connectivity index is 3.04. The minimum absolute atomic E-state index is 0.192. The average Bonchev–Trinajstić information content (AvgIpc) is 2.15. The Labute approximate surface area is 58.0 Å². The minimum Gasteiger partial charge on any atom is -0.272 e. The predicted molar refractivity (Wildman–Crippen MR) is 35.6 cm³/mol. The molecule has 44 valence electrons. The third kappa shape index (κ3) is 0.777. The van der Waals surface area contributed by atoms with Gasteiger partial charge in [-0.1, -0.05) is 0 Å². The molecule has 3 heteroatoms. The van der Waals surface area contributed by atoms with Crippen LogP contribution in [0.25, 0.3) is 0 Å².